The van der Waals surface area contributed by atoms with Crippen molar-refractivity contribution in [1.82, 2.24) is 5.32 Å². The summed E-state index contributed by atoms with van der Waals surface area (Å²) in [5, 5.41) is 8.78. The van der Waals surface area contributed by atoms with Crippen LogP contribution in [0.2, 0.25) is 0 Å². The average molecular weight is 277 g/mol. The van der Waals surface area contributed by atoms with Crippen LogP contribution in [0.25, 0.3) is 0 Å². The Morgan fingerprint density at radius 3 is 2.10 bits per heavy atom. The molecule has 1 aromatic carbocycles. The molecule has 3 N–H and O–H groups in total. The Balaban J connectivity index is 2.35. The van der Waals surface area contributed by atoms with Crippen LogP contribution >= 0.6 is 0 Å². The fourth-order valence-electron chi connectivity index (χ4n) is 1.68. The molecule has 5 nitrogen and oxygen atoms in total. The van der Waals surface area contributed by atoms with Crippen molar-refractivity contribution < 1.29 is 9.59 Å². The van der Waals surface area contributed by atoms with Gasteiger partial charge in [-0.15, -0.1) is 0 Å². The third-order valence-corrected chi connectivity index (χ3v) is 2.40. The van der Waals surface area contributed by atoms with E-state index >= 15 is 0 Å². The second-order valence-electron chi connectivity index (χ2n) is 5.73. The molecule has 0 saturated heterocycles. The number of amides is 2. The first-order valence-corrected chi connectivity index (χ1v) is 6.69. The highest BCUT2D eigenvalue weighted by Gasteiger charge is 2.12. The summed E-state index contributed by atoms with van der Waals surface area (Å²) in [6, 6.07) is 7.37. The quantitative estimate of drug-likeness (QED) is 0.774. The summed E-state index contributed by atoms with van der Waals surface area (Å²) >= 11 is 0. The van der Waals surface area contributed by atoms with Crippen LogP contribution in [0.5, 0.6) is 0 Å². The molecule has 1 aromatic rings. The fraction of sp³-hybridized carbons (Fsp3) is 0.467. The summed E-state index contributed by atoms with van der Waals surface area (Å²) in [4.78, 5) is 22.5. The molecule has 0 atom stereocenters. The largest absolute Gasteiger partial charge is 0.385 e. The van der Waals surface area contributed by atoms with Gasteiger partial charge in [0.1, 0.15) is 0 Å². The molecular formula is C15H23N3O2. The van der Waals surface area contributed by atoms with Crippen LogP contribution in [0, 0.1) is 0 Å². The molecule has 0 heterocycles. The van der Waals surface area contributed by atoms with Crippen LogP contribution in [0.4, 0.5) is 11.4 Å². The fourth-order valence-corrected chi connectivity index (χ4v) is 1.68. The van der Waals surface area contributed by atoms with Gasteiger partial charge in [0.2, 0.25) is 11.8 Å². The van der Waals surface area contributed by atoms with Crippen molar-refractivity contribution in [3.8, 4) is 0 Å². The third kappa shape index (κ3) is 6.78. The van der Waals surface area contributed by atoms with Gasteiger partial charge in [-0.3, -0.25) is 9.59 Å². The maximum atomic E-state index is 11.6. The summed E-state index contributed by atoms with van der Waals surface area (Å²) < 4.78 is 0. The molecule has 1 rings (SSSR count). The summed E-state index contributed by atoms with van der Waals surface area (Å²) in [6.45, 7) is 7.92. The van der Waals surface area contributed by atoms with Crippen LogP contribution in [-0.2, 0) is 9.59 Å². The Morgan fingerprint density at radius 2 is 1.60 bits per heavy atom. The second kappa shape index (κ2) is 6.93. The molecule has 0 aliphatic carbocycles. The highest BCUT2D eigenvalue weighted by Crippen LogP contribution is 2.13. The maximum Gasteiger partial charge on any atom is 0.222 e. The third-order valence-electron chi connectivity index (χ3n) is 2.40. The van der Waals surface area contributed by atoms with E-state index in [9.17, 15) is 9.59 Å². The van der Waals surface area contributed by atoms with E-state index in [2.05, 4.69) is 16.0 Å². The second-order valence-corrected chi connectivity index (χ2v) is 5.73. The van der Waals surface area contributed by atoms with Gasteiger partial charge in [0.05, 0.1) is 0 Å². The minimum Gasteiger partial charge on any atom is -0.385 e. The first kappa shape index (κ1) is 16.0. The smallest absolute Gasteiger partial charge is 0.222 e. The van der Waals surface area contributed by atoms with Crippen LogP contribution in [0.3, 0.4) is 0 Å². The number of anilines is 2. The first-order chi connectivity index (χ1) is 9.26. The molecule has 0 aromatic heterocycles. The van der Waals surface area contributed by atoms with Crippen molar-refractivity contribution in [2.24, 2.45) is 0 Å². The zero-order chi connectivity index (χ0) is 15.2. The lowest BCUT2D eigenvalue weighted by atomic mass is 10.1. The van der Waals surface area contributed by atoms with Gasteiger partial charge in [-0.1, -0.05) is 0 Å². The summed E-state index contributed by atoms with van der Waals surface area (Å²) in [7, 11) is 0. The van der Waals surface area contributed by atoms with E-state index in [1.54, 1.807) is 0 Å². The number of hydrogen-bond donors (Lipinski definition) is 3. The van der Waals surface area contributed by atoms with E-state index in [0.29, 0.717) is 13.0 Å². The van der Waals surface area contributed by atoms with Crippen LogP contribution in [0.1, 0.15) is 34.1 Å². The number of hydrogen-bond acceptors (Lipinski definition) is 3. The van der Waals surface area contributed by atoms with Crippen molar-refractivity contribution in [2.45, 2.75) is 39.7 Å². The molecule has 110 valence electrons. The topological polar surface area (TPSA) is 70.2 Å². The monoisotopic (exact) mass is 277 g/mol. The highest BCUT2D eigenvalue weighted by molar-refractivity contribution is 5.88. The lowest BCUT2D eigenvalue weighted by Gasteiger charge is -2.20. The molecule has 0 aliphatic heterocycles. The standard InChI is InChI=1S/C15H23N3O2/c1-11(19)17-13-7-5-12(6-8-13)16-10-9-14(20)18-15(2,3)4/h5-8,16H,9-10H2,1-4H3,(H,17,19)(H,18,20). The number of rotatable bonds is 5. The summed E-state index contributed by atoms with van der Waals surface area (Å²) in [5.41, 5.74) is 1.48. The number of nitrogens with one attached hydrogen (secondary N) is 3. The van der Waals surface area contributed by atoms with E-state index in [-0.39, 0.29) is 17.4 Å². The minimum absolute atomic E-state index is 0.0277. The maximum absolute atomic E-state index is 11.6. The summed E-state index contributed by atoms with van der Waals surface area (Å²) in [6.07, 6.45) is 0.421. The lowest BCUT2D eigenvalue weighted by molar-refractivity contribution is -0.122. The molecule has 0 aliphatic rings. The van der Waals surface area contributed by atoms with Gasteiger partial charge in [0.25, 0.3) is 0 Å². The molecule has 0 fully saturated rings. The van der Waals surface area contributed by atoms with E-state index in [0.717, 1.165) is 11.4 Å². The number of carbonyl (C=O) groups is 2. The van der Waals surface area contributed by atoms with Crippen molar-refractivity contribution in [1.29, 1.82) is 0 Å². The molecule has 20 heavy (non-hydrogen) atoms. The van der Waals surface area contributed by atoms with Crippen molar-refractivity contribution >= 4 is 23.2 Å². The minimum atomic E-state index is -0.197. The Morgan fingerprint density at radius 1 is 1.05 bits per heavy atom. The average Bonchev–Trinajstić information content (AvgIpc) is 2.28. The molecule has 5 heteroatoms. The zero-order valence-electron chi connectivity index (χ0n) is 12.5. The SMILES string of the molecule is CC(=O)Nc1ccc(NCCC(=O)NC(C)(C)C)cc1. The molecule has 2 amide bonds. The van der Waals surface area contributed by atoms with E-state index in [4.69, 9.17) is 0 Å². The van der Waals surface area contributed by atoms with E-state index in [1.165, 1.54) is 6.92 Å². The Bertz CT molecular complexity index is 461. The summed E-state index contributed by atoms with van der Waals surface area (Å²) in [5.74, 6) is -0.0653. The predicted molar refractivity (Wildman–Crippen MR) is 81.7 cm³/mol. The van der Waals surface area contributed by atoms with Gasteiger partial charge in [-0.2, -0.15) is 0 Å². The van der Waals surface area contributed by atoms with Crippen LogP contribution in [-0.4, -0.2) is 23.9 Å². The van der Waals surface area contributed by atoms with Crippen molar-refractivity contribution in [3.05, 3.63) is 24.3 Å². The lowest BCUT2D eigenvalue weighted by Crippen LogP contribution is -2.41. The van der Waals surface area contributed by atoms with Gasteiger partial charge < -0.3 is 16.0 Å². The van der Waals surface area contributed by atoms with Crippen molar-refractivity contribution in [2.75, 3.05) is 17.2 Å². The number of benzene rings is 1. The predicted octanol–water partition coefficient (Wildman–Crippen LogP) is 2.36. The van der Waals surface area contributed by atoms with Gasteiger partial charge in [-0.05, 0) is 45.0 Å². The van der Waals surface area contributed by atoms with Gasteiger partial charge >= 0.3 is 0 Å². The molecule has 0 unspecified atom stereocenters. The van der Waals surface area contributed by atoms with E-state index in [1.807, 2.05) is 45.0 Å². The normalized spacial score (nSPS) is 10.8. The highest BCUT2D eigenvalue weighted by atomic mass is 16.2. The van der Waals surface area contributed by atoms with Crippen LogP contribution in [0.15, 0.2) is 24.3 Å². The first-order valence-electron chi connectivity index (χ1n) is 6.69. The molecule has 0 bridgehead atoms. The van der Waals surface area contributed by atoms with Crippen LogP contribution < -0.4 is 16.0 Å². The number of carbonyl (C=O) groups excluding carboxylic acids is 2. The van der Waals surface area contributed by atoms with Crippen molar-refractivity contribution in [3.63, 3.8) is 0 Å². The van der Waals surface area contributed by atoms with Gasteiger partial charge in [-0.25, -0.2) is 0 Å². The van der Waals surface area contributed by atoms with Gasteiger partial charge in [0.15, 0.2) is 0 Å². The molecule has 0 saturated carbocycles. The molecular weight excluding hydrogens is 254 g/mol. The van der Waals surface area contributed by atoms with E-state index < -0.39 is 0 Å². The van der Waals surface area contributed by atoms with Gasteiger partial charge in [0, 0.05) is 36.8 Å². The molecule has 0 spiro atoms. The Kier molecular flexibility index (Phi) is 5.55. The zero-order valence-corrected chi connectivity index (χ0v) is 12.5. The Labute approximate surface area is 120 Å². The Hall–Kier alpha value is -2.04. The molecule has 0 radical (unpaired) electrons.